The molecule has 0 saturated carbocycles. The average Bonchev–Trinajstić information content (AvgIpc) is 2.66. The molecular formula is C26H43O6-. The minimum atomic E-state index is -1.32. The van der Waals surface area contributed by atoms with Gasteiger partial charge in [0.25, 0.3) is 0 Å². The van der Waals surface area contributed by atoms with E-state index in [1.165, 1.54) is 5.57 Å². The van der Waals surface area contributed by atoms with Crippen molar-refractivity contribution in [2.24, 2.45) is 29.1 Å². The van der Waals surface area contributed by atoms with Crippen LogP contribution < -0.4 is 5.11 Å². The number of carbonyl (C=O) groups excluding carboxylic acids is 2. The summed E-state index contributed by atoms with van der Waals surface area (Å²) in [6.07, 6.45) is 6.66. The van der Waals surface area contributed by atoms with E-state index in [2.05, 4.69) is 32.1 Å². The Labute approximate surface area is 193 Å². The Balaban J connectivity index is 0.00000512. The van der Waals surface area contributed by atoms with E-state index in [1.54, 1.807) is 0 Å². The van der Waals surface area contributed by atoms with Crippen LogP contribution in [-0.2, 0) is 14.3 Å². The summed E-state index contributed by atoms with van der Waals surface area (Å²) < 4.78 is 6.09. The maximum Gasteiger partial charge on any atom is 0.311 e. The highest BCUT2D eigenvalue weighted by atomic mass is 16.5. The van der Waals surface area contributed by atoms with Crippen LogP contribution in [0.3, 0.4) is 0 Å². The number of aliphatic carboxylic acids is 1. The fourth-order valence-electron chi connectivity index (χ4n) is 4.76. The van der Waals surface area contributed by atoms with Crippen LogP contribution in [0.2, 0.25) is 0 Å². The SMILES string of the molecule is C.CCC(C)(C)C(=O)OC1C[C@@H](C)C=C2C=C[C@H](C)C(CCC(O)CC(O)CC(=O)[O-])C21. The number of carbonyl (C=O) groups is 2. The molecule has 2 aliphatic carbocycles. The molecule has 184 valence electrons. The zero-order valence-corrected chi connectivity index (χ0v) is 19.5. The Morgan fingerprint density at radius 3 is 2.50 bits per heavy atom. The summed E-state index contributed by atoms with van der Waals surface area (Å²) in [5.41, 5.74) is 0.669. The van der Waals surface area contributed by atoms with E-state index in [4.69, 9.17) is 4.74 Å². The number of allylic oxidation sites excluding steroid dienone is 3. The first-order valence-corrected chi connectivity index (χ1v) is 11.6. The van der Waals surface area contributed by atoms with Crippen LogP contribution >= 0.6 is 0 Å². The van der Waals surface area contributed by atoms with Gasteiger partial charge in [0.2, 0.25) is 0 Å². The lowest BCUT2D eigenvalue weighted by molar-refractivity contribution is -0.307. The predicted molar refractivity (Wildman–Crippen MR) is 123 cm³/mol. The van der Waals surface area contributed by atoms with Crippen LogP contribution in [0.4, 0.5) is 0 Å². The molecule has 0 fully saturated rings. The molecule has 6 nitrogen and oxygen atoms in total. The van der Waals surface area contributed by atoms with E-state index in [-0.39, 0.29) is 43.7 Å². The predicted octanol–water partition coefficient (Wildman–Crippen LogP) is 3.41. The average molecular weight is 452 g/mol. The fraction of sp³-hybridized carbons (Fsp3) is 0.769. The van der Waals surface area contributed by atoms with Gasteiger partial charge >= 0.3 is 5.97 Å². The van der Waals surface area contributed by atoms with Crippen LogP contribution in [-0.4, -0.2) is 40.5 Å². The lowest BCUT2D eigenvalue weighted by Gasteiger charge is -2.44. The van der Waals surface area contributed by atoms with Crippen molar-refractivity contribution >= 4 is 11.9 Å². The quantitative estimate of drug-likeness (QED) is 0.493. The molecule has 2 rings (SSSR count). The molecule has 0 saturated heterocycles. The number of rotatable bonds is 10. The Hall–Kier alpha value is -1.66. The number of aliphatic hydroxyl groups is 2. The summed E-state index contributed by atoms with van der Waals surface area (Å²) in [6.45, 7) is 10.1. The first-order chi connectivity index (χ1) is 14.4. The molecule has 0 bridgehead atoms. The molecule has 2 aliphatic rings. The zero-order valence-electron chi connectivity index (χ0n) is 19.5. The first-order valence-electron chi connectivity index (χ1n) is 11.6. The monoisotopic (exact) mass is 451 g/mol. The van der Waals surface area contributed by atoms with Crippen LogP contribution in [0.5, 0.6) is 0 Å². The minimum absolute atomic E-state index is 0. The molecule has 5 unspecified atom stereocenters. The molecule has 0 amide bonds. The van der Waals surface area contributed by atoms with Crippen molar-refractivity contribution in [3.05, 3.63) is 23.8 Å². The maximum absolute atomic E-state index is 12.8. The Kier molecular flexibility index (Phi) is 10.6. The van der Waals surface area contributed by atoms with Crippen LogP contribution in [0.25, 0.3) is 0 Å². The molecule has 0 heterocycles. The fourth-order valence-corrected chi connectivity index (χ4v) is 4.76. The Morgan fingerprint density at radius 2 is 1.91 bits per heavy atom. The van der Waals surface area contributed by atoms with Crippen molar-refractivity contribution in [2.75, 3.05) is 0 Å². The molecule has 2 N–H and O–H groups in total. The maximum atomic E-state index is 12.8. The van der Waals surface area contributed by atoms with E-state index in [1.807, 2.05) is 20.8 Å². The number of esters is 1. The van der Waals surface area contributed by atoms with Crippen LogP contribution in [0.15, 0.2) is 23.8 Å². The number of hydrogen-bond acceptors (Lipinski definition) is 6. The molecule has 7 atom stereocenters. The van der Waals surface area contributed by atoms with E-state index in [0.717, 1.165) is 6.42 Å². The molecule has 32 heavy (non-hydrogen) atoms. The summed E-state index contributed by atoms with van der Waals surface area (Å²) >= 11 is 0. The highest BCUT2D eigenvalue weighted by molar-refractivity contribution is 5.76. The van der Waals surface area contributed by atoms with E-state index in [9.17, 15) is 24.9 Å². The first kappa shape index (κ1) is 28.4. The molecule has 6 heteroatoms. The van der Waals surface area contributed by atoms with Gasteiger partial charge in [-0.25, -0.2) is 0 Å². The number of carboxylic acids is 1. The van der Waals surface area contributed by atoms with Gasteiger partial charge in [-0.15, -0.1) is 0 Å². The highest BCUT2D eigenvalue weighted by Gasteiger charge is 2.42. The van der Waals surface area contributed by atoms with Crippen LogP contribution in [0.1, 0.15) is 80.6 Å². The molecular weight excluding hydrogens is 408 g/mol. The lowest BCUT2D eigenvalue weighted by atomic mass is 9.65. The summed E-state index contributed by atoms with van der Waals surface area (Å²) in [5.74, 6) is -0.641. The van der Waals surface area contributed by atoms with Crippen molar-refractivity contribution in [1.82, 2.24) is 0 Å². The lowest BCUT2D eigenvalue weighted by Crippen LogP contribution is -2.43. The van der Waals surface area contributed by atoms with Gasteiger partial charge in [-0.1, -0.05) is 46.4 Å². The molecule has 0 radical (unpaired) electrons. The smallest absolute Gasteiger partial charge is 0.311 e. The third-order valence-electron chi connectivity index (χ3n) is 7.07. The van der Waals surface area contributed by atoms with E-state index in [0.29, 0.717) is 25.2 Å². The summed E-state index contributed by atoms with van der Waals surface area (Å²) in [5, 5.41) is 30.8. The molecule has 0 aromatic heterocycles. The number of carboxylic acid groups (broad SMARTS) is 1. The molecule has 0 aromatic carbocycles. The van der Waals surface area contributed by atoms with E-state index < -0.39 is 30.0 Å². The topological polar surface area (TPSA) is 107 Å². The van der Waals surface area contributed by atoms with Gasteiger partial charge in [-0.2, -0.15) is 0 Å². The van der Waals surface area contributed by atoms with Crippen molar-refractivity contribution in [3.8, 4) is 0 Å². The second kappa shape index (κ2) is 12.0. The van der Waals surface area contributed by atoms with Gasteiger partial charge in [-0.05, 0) is 69.3 Å². The standard InChI is InChI=1S/C25H40O6.CH4/c1-6-25(4,5)24(30)31-21-12-15(2)11-17-8-7-16(3)20(23(17)21)10-9-18(26)13-19(27)14-22(28)29;/h7-8,11,15-16,18-21,23,26-27H,6,9-10,12-14H2,1-5H3,(H,28,29);1H4/p-1/t15-,16-,18?,19?,20?,21?,23?;/m0./s1. The summed E-state index contributed by atoms with van der Waals surface area (Å²) in [7, 11) is 0. The van der Waals surface area contributed by atoms with Gasteiger partial charge in [0.1, 0.15) is 6.10 Å². The summed E-state index contributed by atoms with van der Waals surface area (Å²) in [4.78, 5) is 23.5. The Morgan fingerprint density at radius 1 is 1.25 bits per heavy atom. The van der Waals surface area contributed by atoms with Crippen molar-refractivity contribution in [1.29, 1.82) is 0 Å². The third-order valence-corrected chi connectivity index (χ3v) is 7.07. The normalized spacial score (nSPS) is 29.2. The highest BCUT2D eigenvalue weighted by Crippen LogP contribution is 2.45. The van der Waals surface area contributed by atoms with Crippen molar-refractivity contribution in [2.45, 2.75) is 98.9 Å². The Bertz CT molecular complexity index is 694. The van der Waals surface area contributed by atoms with Crippen molar-refractivity contribution in [3.63, 3.8) is 0 Å². The number of fused-ring (bicyclic) bond motifs is 1. The van der Waals surface area contributed by atoms with Gasteiger partial charge in [0.15, 0.2) is 0 Å². The second-order valence-corrected chi connectivity index (χ2v) is 10.2. The van der Waals surface area contributed by atoms with E-state index >= 15 is 0 Å². The number of hydrogen-bond donors (Lipinski definition) is 2. The number of ether oxygens (including phenoxy) is 1. The molecule has 0 aromatic rings. The molecule has 0 aliphatic heterocycles. The minimum Gasteiger partial charge on any atom is -0.550 e. The third kappa shape index (κ3) is 7.45. The van der Waals surface area contributed by atoms with Crippen LogP contribution in [0, 0.1) is 29.1 Å². The van der Waals surface area contributed by atoms with Gasteiger partial charge in [0.05, 0.1) is 17.6 Å². The van der Waals surface area contributed by atoms with Gasteiger partial charge < -0.3 is 24.9 Å². The molecule has 0 spiro atoms. The summed E-state index contributed by atoms with van der Waals surface area (Å²) in [6, 6.07) is 0. The van der Waals surface area contributed by atoms with Gasteiger partial charge in [-0.3, -0.25) is 4.79 Å². The number of aliphatic hydroxyl groups excluding tert-OH is 2. The van der Waals surface area contributed by atoms with Gasteiger partial charge in [0, 0.05) is 18.3 Å². The second-order valence-electron chi connectivity index (χ2n) is 10.2. The van der Waals surface area contributed by atoms with Crippen molar-refractivity contribution < 1.29 is 29.6 Å². The largest absolute Gasteiger partial charge is 0.550 e. The zero-order chi connectivity index (χ0) is 23.3.